The van der Waals surface area contributed by atoms with E-state index in [1.54, 1.807) is 17.5 Å². The Morgan fingerprint density at radius 2 is 1.97 bits per heavy atom. The lowest BCUT2D eigenvalue weighted by atomic mass is 10.1. The number of nitrogens with zero attached hydrogens (tertiary/aromatic N) is 2. The van der Waals surface area contributed by atoms with Crippen molar-refractivity contribution in [3.05, 3.63) is 74.7 Å². The van der Waals surface area contributed by atoms with Crippen LogP contribution in [0.2, 0.25) is 5.02 Å². The van der Waals surface area contributed by atoms with Gasteiger partial charge in [-0.2, -0.15) is 0 Å². The standard InChI is InChI=1S/C22H21ClF3N3O2S2/c23-18-6-22(33(30,31)12-17-11-32-13-28-17)20(26)7-21(18)27-8-15-5-14(1-2-19(15)25)3-4-29-9-16(24)10-29/h1-2,5-7,11,13,16,27H,3-4,8-10,12H2. The minimum atomic E-state index is -3.98. The van der Waals surface area contributed by atoms with Crippen molar-refractivity contribution in [2.45, 2.75) is 29.8 Å². The number of hydrogen-bond acceptors (Lipinski definition) is 6. The van der Waals surface area contributed by atoms with Gasteiger partial charge in [0.1, 0.15) is 22.7 Å². The zero-order chi connectivity index (χ0) is 23.6. The highest BCUT2D eigenvalue weighted by molar-refractivity contribution is 7.90. The van der Waals surface area contributed by atoms with Crippen LogP contribution in [-0.4, -0.2) is 44.1 Å². The van der Waals surface area contributed by atoms with Crippen molar-refractivity contribution in [3.8, 4) is 0 Å². The summed E-state index contributed by atoms with van der Waals surface area (Å²) in [7, 11) is -3.98. The lowest BCUT2D eigenvalue weighted by Crippen LogP contribution is -2.48. The van der Waals surface area contributed by atoms with Crippen LogP contribution in [0.5, 0.6) is 0 Å². The lowest BCUT2D eigenvalue weighted by Gasteiger charge is -2.34. The second-order valence-corrected chi connectivity index (χ2v) is 11.0. The van der Waals surface area contributed by atoms with Crippen LogP contribution in [0.1, 0.15) is 16.8 Å². The number of sulfone groups is 1. The first-order chi connectivity index (χ1) is 15.7. The zero-order valence-corrected chi connectivity index (χ0v) is 19.8. The number of nitrogens with one attached hydrogen (secondary N) is 1. The van der Waals surface area contributed by atoms with Crippen molar-refractivity contribution in [1.82, 2.24) is 9.88 Å². The molecule has 0 spiro atoms. The predicted molar refractivity (Wildman–Crippen MR) is 123 cm³/mol. The summed E-state index contributed by atoms with van der Waals surface area (Å²) in [5.41, 5.74) is 3.24. The minimum absolute atomic E-state index is 0.00313. The second-order valence-electron chi connectivity index (χ2n) is 7.89. The van der Waals surface area contributed by atoms with Gasteiger partial charge in [0.05, 0.1) is 27.7 Å². The molecule has 0 atom stereocenters. The van der Waals surface area contributed by atoms with Crippen LogP contribution >= 0.6 is 22.9 Å². The Bertz CT molecular complexity index is 1230. The SMILES string of the molecule is O=S(=O)(Cc1cscn1)c1cc(Cl)c(NCc2cc(CCN3CC(F)C3)ccc2F)cc1F. The number of alkyl halides is 1. The number of thiazole rings is 1. The van der Waals surface area contributed by atoms with Gasteiger partial charge in [0.2, 0.25) is 0 Å². The predicted octanol–water partition coefficient (Wildman–Crippen LogP) is 4.86. The van der Waals surface area contributed by atoms with Crippen LogP contribution in [0.3, 0.4) is 0 Å². The van der Waals surface area contributed by atoms with Gasteiger partial charge in [0.25, 0.3) is 0 Å². The summed E-state index contributed by atoms with van der Waals surface area (Å²) in [6.07, 6.45) is -0.113. The van der Waals surface area contributed by atoms with E-state index in [0.29, 0.717) is 37.3 Å². The highest BCUT2D eigenvalue weighted by atomic mass is 35.5. The van der Waals surface area contributed by atoms with Crippen LogP contribution < -0.4 is 5.32 Å². The fourth-order valence-electron chi connectivity index (χ4n) is 3.57. The fraction of sp³-hybridized carbons (Fsp3) is 0.318. The van der Waals surface area contributed by atoms with Crippen molar-refractivity contribution in [2.75, 3.05) is 25.0 Å². The van der Waals surface area contributed by atoms with E-state index in [0.717, 1.165) is 17.7 Å². The molecule has 0 saturated carbocycles. The molecule has 176 valence electrons. The Labute approximate surface area is 199 Å². The Hall–Kier alpha value is -2.14. The molecular weight excluding hydrogens is 495 g/mol. The summed E-state index contributed by atoms with van der Waals surface area (Å²) in [4.78, 5) is 5.40. The van der Waals surface area contributed by atoms with E-state index < -0.39 is 38.3 Å². The third-order valence-corrected chi connectivity index (χ3v) is 7.99. The monoisotopic (exact) mass is 515 g/mol. The van der Waals surface area contributed by atoms with E-state index in [4.69, 9.17) is 11.6 Å². The highest BCUT2D eigenvalue weighted by Crippen LogP contribution is 2.30. The Morgan fingerprint density at radius 3 is 2.67 bits per heavy atom. The topological polar surface area (TPSA) is 62.3 Å². The number of benzene rings is 2. The number of hydrogen-bond donors (Lipinski definition) is 1. The number of likely N-dealkylation sites (tertiary alicyclic amines) is 1. The minimum Gasteiger partial charge on any atom is -0.380 e. The molecule has 1 N–H and O–H groups in total. The molecule has 1 aromatic heterocycles. The summed E-state index contributed by atoms with van der Waals surface area (Å²) < 4.78 is 67.0. The first-order valence-electron chi connectivity index (χ1n) is 10.2. The van der Waals surface area contributed by atoms with E-state index in [9.17, 15) is 21.6 Å². The van der Waals surface area contributed by atoms with Gasteiger partial charge in [0, 0.05) is 37.1 Å². The third-order valence-electron chi connectivity index (χ3n) is 5.39. The normalized spacial score (nSPS) is 14.9. The quantitative estimate of drug-likeness (QED) is 0.441. The molecular formula is C22H21ClF3N3O2S2. The van der Waals surface area contributed by atoms with Gasteiger partial charge in [-0.15, -0.1) is 11.3 Å². The number of anilines is 1. The molecule has 4 rings (SSSR count). The van der Waals surface area contributed by atoms with E-state index >= 15 is 0 Å². The van der Waals surface area contributed by atoms with Gasteiger partial charge in [-0.3, -0.25) is 4.90 Å². The summed E-state index contributed by atoms with van der Waals surface area (Å²) in [6, 6.07) is 6.79. The molecule has 0 radical (unpaired) electrons. The van der Waals surface area contributed by atoms with Crippen molar-refractivity contribution >= 4 is 38.5 Å². The van der Waals surface area contributed by atoms with Gasteiger partial charge in [-0.25, -0.2) is 26.6 Å². The molecule has 1 fully saturated rings. The third kappa shape index (κ3) is 5.87. The summed E-state index contributed by atoms with van der Waals surface area (Å²) in [6.45, 7) is 1.57. The molecule has 3 aromatic rings. The van der Waals surface area contributed by atoms with E-state index in [1.807, 2.05) is 4.90 Å². The molecule has 1 saturated heterocycles. The summed E-state index contributed by atoms with van der Waals surface area (Å²) >= 11 is 7.46. The lowest BCUT2D eigenvalue weighted by molar-refractivity contribution is 0.0670. The number of halogens is 4. The van der Waals surface area contributed by atoms with Crippen LogP contribution in [0, 0.1) is 11.6 Å². The number of rotatable bonds is 9. The van der Waals surface area contributed by atoms with Crippen molar-refractivity contribution in [1.29, 1.82) is 0 Å². The van der Waals surface area contributed by atoms with Crippen LogP contribution in [0.15, 0.2) is 46.1 Å². The van der Waals surface area contributed by atoms with Crippen LogP contribution in [0.25, 0.3) is 0 Å². The molecule has 11 heteroatoms. The first-order valence-corrected chi connectivity index (χ1v) is 13.1. The van der Waals surface area contributed by atoms with Gasteiger partial charge in [0.15, 0.2) is 9.84 Å². The van der Waals surface area contributed by atoms with E-state index in [1.165, 1.54) is 22.9 Å². The Kier molecular flexibility index (Phi) is 7.28. The first kappa shape index (κ1) is 24.0. The Balaban J connectivity index is 1.44. The van der Waals surface area contributed by atoms with Crippen molar-refractivity contribution < 1.29 is 21.6 Å². The van der Waals surface area contributed by atoms with Crippen LogP contribution in [0.4, 0.5) is 18.9 Å². The van der Waals surface area contributed by atoms with Gasteiger partial charge < -0.3 is 5.32 Å². The maximum Gasteiger partial charge on any atom is 0.187 e. The molecule has 0 amide bonds. The number of aromatic nitrogens is 1. The molecule has 0 aliphatic carbocycles. The zero-order valence-electron chi connectivity index (χ0n) is 17.4. The maximum absolute atomic E-state index is 14.7. The van der Waals surface area contributed by atoms with E-state index in [-0.39, 0.29) is 17.3 Å². The Morgan fingerprint density at radius 1 is 1.18 bits per heavy atom. The van der Waals surface area contributed by atoms with Gasteiger partial charge in [-0.1, -0.05) is 23.7 Å². The molecule has 0 bridgehead atoms. The fourth-order valence-corrected chi connectivity index (χ4v) is 5.89. The molecule has 1 aliphatic rings. The average molecular weight is 516 g/mol. The van der Waals surface area contributed by atoms with E-state index in [2.05, 4.69) is 10.3 Å². The van der Waals surface area contributed by atoms with Gasteiger partial charge in [-0.05, 0) is 30.2 Å². The van der Waals surface area contributed by atoms with Crippen molar-refractivity contribution in [2.24, 2.45) is 0 Å². The maximum atomic E-state index is 14.7. The molecule has 33 heavy (non-hydrogen) atoms. The average Bonchev–Trinajstić information content (AvgIpc) is 3.24. The van der Waals surface area contributed by atoms with Crippen LogP contribution in [-0.2, 0) is 28.6 Å². The highest BCUT2D eigenvalue weighted by Gasteiger charge is 2.25. The summed E-state index contributed by atoms with van der Waals surface area (Å²) in [5.74, 6) is -1.82. The molecule has 2 aromatic carbocycles. The molecule has 1 aliphatic heterocycles. The smallest absolute Gasteiger partial charge is 0.187 e. The largest absolute Gasteiger partial charge is 0.380 e. The molecule has 0 unspecified atom stereocenters. The summed E-state index contributed by atoms with van der Waals surface area (Å²) in [5, 5.41) is 4.46. The molecule has 2 heterocycles. The van der Waals surface area contributed by atoms with Gasteiger partial charge >= 0.3 is 0 Å². The van der Waals surface area contributed by atoms with Crippen molar-refractivity contribution in [3.63, 3.8) is 0 Å². The second kappa shape index (κ2) is 10.0. The molecule has 5 nitrogen and oxygen atoms in total.